The summed E-state index contributed by atoms with van der Waals surface area (Å²) in [5, 5.41) is 6.98. The zero-order valence-electron chi connectivity index (χ0n) is 10.5. The molecule has 7 nitrogen and oxygen atoms in total. The third kappa shape index (κ3) is 2.37. The highest BCUT2D eigenvalue weighted by Gasteiger charge is 2.20. The molecular formula is C12H16N6O. The normalized spacial score (nSPS) is 19.6. The van der Waals surface area contributed by atoms with Crippen LogP contribution in [0.2, 0.25) is 0 Å². The van der Waals surface area contributed by atoms with E-state index in [4.69, 9.17) is 5.73 Å². The van der Waals surface area contributed by atoms with E-state index in [9.17, 15) is 4.79 Å². The molecule has 1 fully saturated rings. The molecule has 0 amide bonds. The van der Waals surface area contributed by atoms with Gasteiger partial charge in [0.15, 0.2) is 11.3 Å². The van der Waals surface area contributed by atoms with Crippen LogP contribution >= 0.6 is 0 Å². The predicted octanol–water partition coefficient (Wildman–Crippen LogP) is 0.0875. The van der Waals surface area contributed by atoms with E-state index in [2.05, 4.69) is 20.2 Å². The fourth-order valence-corrected chi connectivity index (χ4v) is 2.31. The van der Waals surface area contributed by atoms with Gasteiger partial charge in [0.1, 0.15) is 0 Å². The number of pyridine rings is 1. The van der Waals surface area contributed by atoms with Gasteiger partial charge in [-0.3, -0.25) is 9.89 Å². The quantitative estimate of drug-likeness (QED) is 0.710. The first-order valence-electron chi connectivity index (χ1n) is 6.34. The standard InChI is InChI=1S/C12H16N6O/c13-8-2-1-5-18(7-8)12-15-11(16-17-12)9-6-14-4-3-10(9)19/h3-4,6,8H,1-2,5,7,13H2,(H,14,19)(H,15,16,17). The summed E-state index contributed by atoms with van der Waals surface area (Å²) in [6.45, 7) is 1.65. The van der Waals surface area contributed by atoms with Gasteiger partial charge in [0.05, 0.1) is 5.56 Å². The molecule has 100 valence electrons. The average Bonchev–Trinajstić information content (AvgIpc) is 2.89. The van der Waals surface area contributed by atoms with Gasteiger partial charge >= 0.3 is 0 Å². The van der Waals surface area contributed by atoms with Gasteiger partial charge < -0.3 is 15.6 Å². The van der Waals surface area contributed by atoms with Crippen molar-refractivity contribution in [1.82, 2.24) is 20.2 Å². The molecule has 0 aromatic carbocycles. The Morgan fingerprint density at radius 1 is 1.47 bits per heavy atom. The zero-order valence-corrected chi connectivity index (χ0v) is 10.5. The number of H-pyrrole nitrogens is 2. The van der Waals surface area contributed by atoms with Crippen LogP contribution in [-0.4, -0.2) is 39.3 Å². The van der Waals surface area contributed by atoms with Gasteiger partial charge in [-0.2, -0.15) is 4.98 Å². The summed E-state index contributed by atoms with van der Waals surface area (Å²) in [5.74, 6) is 1.09. The van der Waals surface area contributed by atoms with Crippen molar-refractivity contribution in [3.63, 3.8) is 0 Å². The fourth-order valence-electron chi connectivity index (χ4n) is 2.31. The van der Waals surface area contributed by atoms with Crippen molar-refractivity contribution in [3.05, 3.63) is 28.7 Å². The van der Waals surface area contributed by atoms with E-state index in [1.807, 2.05) is 4.90 Å². The maximum atomic E-state index is 11.7. The number of aromatic amines is 2. The minimum absolute atomic E-state index is 0.0863. The van der Waals surface area contributed by atoms with Gasteiger partial charge in [-0.05, 0) is 12.8 Å². The summed E-state index contributed by atoms with van der Waals surface area (Å²) in [6.07, 6.45) is 5.28. The first-order chi connectivity index (χ1) is 9.24. The number of anilines is 1. The van der Waals surface area contributed by atoms with Crippen molar-refractivity contribution >= 4 is 5.95 Å². The molecular weight excluding hydrogens is 244 g/mol. The lowest BCUT2D eigenvalue weighted by molar-refractivity contribution is 0.500. The van der Waals surface area contributed by atoms with Crippen molar-refractivity contribution in [1.29, 1.82) is 0 Å². The molecule has 1 atom stereocenters. The third-order valence-corrected chi connectivity index (χ3v) is 3.29. The smallest absolute Gasteiger partial charge is 0.245 e. The Balaban J connectivity index is 1.87. The minimum Gasteiger partial charge on any atom is -0.367 e. The minimum atomic E-state index is -0.0863. The molecule has 2 aromatic heterocycles. The molecule has 0 aliphatic carbocycles. The van der Waals surface area contributed by atoms with E-state index in [1.165, 1.54) is 6.07 Å². The molecule has 1 saturated heterocycles. The Kier molecular flexibility index (Phi) is 3.04. The van der Waals surface area contributed by atoms with E-state index in [0.717, 1.165) is 25.9 Å². The summed E-state index contributed by atoms with van der Waals surface area (Å²) >= 11 is 0. The van der Waals surface area contributed by atoms with Crippen LogP contribution in [-0.2, 0) is 0 Å². The van der Waals surface area contributed by atoms with Crippen LogP contribution in [0.5, 0.6) is 0 Å². The van der Waals surface area contributed by atoms with Crippen molar-refractivity contribution in [2.24, 2.45) is 5.73 Å². The van der Waals surface area contributed by atoms with E-state index >= 15 is 0 Å². The van der Waals surface area contributed by atoms with Gasteiger partial charge in [-0.1, -0.05) is 0 Å². The summed E-state index contributed by atoms with van der Waals surface area (Å²) in [5.41, 5.74) is 6.34. The molecule has 1 aliphatic heterocycles. The number of nitrogens with two attached hydrogens (primary N) is 1. The molecule has 0 bridgehead atoms. The van der Waals surface area contributed by atoms with E-state index in [0.29, 0.717) is 17.3 Å². The Morgan fingerprint density at radius 2 is 2.37 bits per heavy atom. The van der Waals surface area contributed by atoms with E-state index < -0.39 is 0 Å². The van der Waals surface area contributed by atoms with Crippen LogP contribution < -0.4 is 16.1 Å². The number of nitrogens with one attached hydrogen (secondary N) is 2. The van der Waals surface area contributed by atoms with Crippen LogP contribution in [0.25, 0.3) is 11.4 Å². The Labute approximate surface area is 109 Å². The summed E-state index contributed by atoms with van der Waals surface area (Å²) < 4.78 is 0. The number of nitrogens with zero attached hydrogens (tertiary/aromatic N) is 3. The van der Waals surface area contributed by atoms with Crippen molar-refractivity contribution in [2.45, 2.75) is 18.9 Å². The molecule has 19 heavy (non-hydrogen) atoms. The first kappa shape index (κ1) is 11.9. The zero-order chi connectivity index (χ0) is 13.2. The molecule has 3 rings (SSSR count). The van der Waals surface area contributed by atoms with Crippen molar-refractivity contribution in [3.8, 4) is 11.4 Å². The second-order valence-corrected chi connectivity index (χ2v) is 4.75. The Hall–Kier alpha value is -2.15. The van der Waals surface area contributed by atoms with Crippen LogP contribution in [0.1, 0.15) is 12.8 Å². The lowest BCUT2D eigenvalue weighted by Crippen LogP contribution is -2.43. The van der Waals surface area contributed by atoms with E-state index in [-0.39, 0.29) is 11.5 Å². The van der Waals surface area contributed by atoms with Crippen LogP contribution in [0.15, 0.2) is 23.3 Å². The second kappa shape index (κ2) is 4.85. The van der Waals surface area contributed by atoms with Gasteiger partial charge in [-0.15, -0.1) is 5.10 Å². The van der Waals surface area contributed by atoms with Gasteiger partial charge in [0, 0.05) is 37.6 Å². The maximum Gasteiger partial charge on any atom is 0.245 e. The summed E-state index contributed by atoms with van der Waals surface area (Å²) in [6, 6.07) is 1.63. The average molecular weight is 260 g/mol. The molecule has 4 N–H and O–H groups in total. The highest BCUT2D eigenvalue weighted by atomic mass is 16.1. The highest BCUT2D eigenvalue weighted by Crippen LogP contribution is 2.17. The Bertz CT molecular complexity index is 618. The summed E-state index contributed by atoms with van der Waals surface area (Å²) in [4.78, 5) is 21.0. The predicted molar refractivity (Wildman–Crippen MR) is 71.9 cm³/mol. The van der Waals surface area contributed by atoms with Crippen LogP contribution in [0.4, 0.5) is 5.95 Å². The van der Waals surface area contributed by atoms with Gasteiger partial charge in [-0.25, -0.2) is 0 Å². The van der Waals surface area contributed by atoms with Gasteiger partial charge in [0.2, 0.25) is 5.95 Å². The molecule has 7 heteroatoms. The monoisotopic (exact) mass is 260 g/mol. The van der Waals surface area contributed by atoms with Crippen LogP contribution in [0.3, 0.4) is 0 Å². The number of rotatable bonds is 2. The van der Waals surface area contributed by atoms with Crippen LogP contribution in [0, 0.1) is 0 Å². The topological polar surface area (TPSA) is 104 Å². The molecule has 1 unspecified atom stereocenters. The number of hydrogen-bond donors (Lipinski definition) is 3. The molecule has 2 aromatic rings. The van der Waals surface area contributed by atoms with Crippen molar-refractivity contribution < 1.29 is 0 Å². The number of piperidine rings is 1. The SMILES string of the molecule is NC1CCCN(c2n[nH]c(-c3c[nH]ccc3=O)n2)C1. The summed E-state index contributed by atoms with van der Waals surface area (Å²) in [7, 11) is 0. The Morgan fingerprint density at radius 3 is 3.16 bits per heavy atom. The molecule has 3 heterocycles. The number of aromatic nitrogens is 4. The largest absolute Gasteiger partial charge is 0.367 e. The van der Waals surface area contributed by atoms with E-state index in [1.54, 1.807) is 12.4 Å². The first-order valence-corrected chi connectivity index (χ1v) is 6.34. The number of hydrogen-bond acceptors (Lipinski definition) is 5. The third-order valence-electron chi connectivity index (χ3n) is 3.29. The molecule has 0 radical (unpaired) electrons. The molecule has 1 aliphatic rings. The lowest BCUT2D eigenvalue weighted by atomic mass is 10.1. The van der Waals surface area contributed by atoms with Crippen molar-refractivity contribution in [2.75, 3.05) is 18.0 Å². The molecule has 0 spiro atoms. The van der Waals surface area contributed by atoms with Gasteiger partial charge in [0.25, 0.3) is 0 Å². The fraction of sp³-hybridized carbons (Fsp3) is 0.417. The molecule has 0 saturated carbocycles. The highest BCUT2D eigenvalue weighted by molar-refractivity contribution is 5.54. The maximum absolute atomic E-state index is 11.7. The second-order valence-electron chi connectivity index (χ2n) is 4.75. The lowest BCUT2D eigenvalue weighted by Gasteiger charge is -2.29.